The van der Waals surface area contributed by atoms with E-state index in [1.165, 1.54) is 12.1 Å². The molecule has 3 nitrogen and oxygen atoms in total. The van der Waals surface area contributed by atoms with E-state index in [4.69, 9.17) is 5.26 Å². The van der Waals surface area contributed by atoms with Gasteiger partial charge in [0.1, 0.15) is 5.82 Å². The molecule has 0 aliphatic rings. The third kappa shape index (κ3) is 2.76. The number of benzene rings is 1. The zero-order valence-electron chi connectivity index (χ0n) is 10.2. The van der Waals surface area contributed by atoms with E-state index in [0.717, 1.165) is 12.1 Å². The first kappa shape index (κ1) is 12.3. The second kappa shape index (κ2) is 5.48. The molecule has 0 aliphatic heterocycles. The molecule has 1 heterocycles. The highest BCUT2D eigenvalue weighted by Gasteiger charge is 2.05. The average molecular weight is 243 g/mol. The topological polar surface area (TPSA) is 40.8 Å². The SMILES string of the molecule is CNCc1ccn(Cc2cc(C#N)ccc2F)c1. The molecule has 0 bridgehead atoms. The molecular weight excluding hydrogens is 229 g/mol. The summed E-state index contributed by atoms with van der Waals surface area (Å²) in [6, 6.07) is 8.43. The van der Waals surface area contributed by atoms with Crippen LogP contribution < -0.4 is 5.32 Å². The van der Waals surface area contributed by atoms with Crippen LogP contribution in [0.4, 0.5) is 4.39 Å². The summed E-state index contributed by atoms with van der Waals surface area (Å²) in [5.41, 5.74) is 2.16. The lowest BCUT2D eigenvalue weighted by Crippen LogP contribution is -2.04. The van der Waals surface area contributed by atoms with Gasteiger partial charge in [0.25, 0.3) is 0 Å². The minimum atomic E-state index is -0.280. The van der Waals surface area contributed by atoms with Gasteiger partial charge in [0, 0.05) is 31.0 Å². The van der Waals surface area contributed by atoms with Gasteiger partial charge in [-0.1, -0.05) is 0 Å². The second-order valence-electron chi connectivity index (χ2n) is 4.14. The van der Waals surface area contributed by atoms with Crippen molar-refractivity contribution in [3.05, 3.63) is 59.2 Å². The van der Waals surface area contributed by atoms with Crippen LogP contribution in [0.1, 0.15) is 16.7 Å². The Morgan fingerprint density at radius 3 is 2.94 bits per heavy atom. The van der Waals surface area contributed by atoms with Crippen LogP contribution in [0.15, 0.2) is 36.7 Å². The molecule has 0 spiro atoms. The van der Waals surface area contributed by atoms with Crippen molar-refractivity contribution in [1.29, 1.82) is 5.26 Å². The van der Waals surface area contributed by atoms with Gasteiger partial charge in [0.05, 0.1) is 11.6 Å². The van der Waals surface area contributed by atoms with Crippen LogP contribution in [0.25, 0.3) is 0 Å². The molecular formula is C14H14FN3. The summed E-state index contributed by atoms with van der Waals surface area (Å²) >= 11 is 0. The molecule has 0 radical (unpaired) electrons. The second-order valence-corrected chi connectivity index (χ2v) is 4.14. The zero-order valence-corrected chi connectivity index (χ0v) is 10.2. The van der Waals surface area contributed by atoms with Gasteiger partial charge in [-0.15, -0.1) is 0 Å². The van der Waals surface area contributed by atoms with Gasteiger partial charge < -0.3 is 9.88 Å². The minimum Gasteiger partial charge on any atom is -0.349 e. The first-order valence-corrected chi connectivity index (χ1v) is 5.70. The van der Waals surface area contributed by atoms with Crippen molar-refractivity contribution >= 4 is 0 Å². The van der Waals surface area contributed by atoms with Gasteiger partial charge in [-0.2, -0.15) is 5.26 Å². The molecule has 4 heteroatoms. The molecule has 0 unspecified atom stereocenters. The lowest BCUT2D eigenvalue weighted by molar-refractivity contribution is 0.599. The first-order chi connectivity index (χ1) is 8.72. The number of nitrogens with one attached hydrogen (secondary N) is 1. The summed E-state index contributed by atoms with van der Waals surface area (Å²) in [7, 11) is 1.88. The molecule has 0 aliphatic carbocycles. The molecule has 0 saturated heterocycles. The molecule has 2 aromatic rings. The van der Waals surface area contributed by atoms with Gasteiger partial charge in [0.15, 0.2) is 0 Å². The quantitative estimate of drug-likeness (QED) is 0.894. The first-order valence-electron chi connectivity index (χ1n) is 5.70. The van der Waals surface area contributed by atoms with Gasteiger partial charge in [-0.05, 0) is 36.9 Å². The van der Waals surface area contributed by atoms with Crippen molar-refractivity contribution in [2.75, 3.05) is 7.05 Å². The Hall–Kier alpha value is -2.12. The molecule has 1 N–H and O–H groups in total. The molecule has 1 aromatic heterocycles. The summed E-state index contributed by atoms with van der Waals surface area (Å²) < 4.78 is 15.5. The van der Waals surface area contributed by atoms with Crippen LogP contribution in [0, 0.1) is 17.1 Å². The number of hydrogen-bond donors (Lipinski definition) is 1. The number of rotatable bonds is 4. The molecule has 18 heavy (non-hydrogen) atoms. The predicted octanol–water partition coefficient (Wildman–Crippen LogP) is 2.27. The fraction of sp³-hybridized carbons (Fsp3) is 0.214. The van der Waals surface area contributed by atoms with Gasteiger partial charge >= 0.3 is 0 Å². The highest BCUT2D eigenvalue weighted by atomic mass is 19.1. The highest BCUT2D eigenvalue weighted by molar-refractivity contribution is 5.34. The van der Waals surface area contributed by atoms with Crippen molar-refractivity contribution in [2.45, 2.75) is 13.1 Å². The molecule has 0 fully saturated rings. The Labute approximate surface area is 105 Å². The number of halogens is 1. The molecule has 0 saturated carbocycles. The predicted molar refractivity (Wildman–Crippen MR) is 67.4 cm³/mol. The highest BCUT2D eigenvalue weighted by Crippen LogP contribution is 2.13. The van der Waals surface area contributed by atoms with E-state index < -0.39 is 0 Å². The van der Waals surface area contributed by atoms with E-state index in [1.54, 1.807) is 6.07 Å². The van der Waals surface area contributed by atoms with Crippen molar-refractivity contribution in [3.63, 3.8) is 0 Å². The van der Waals surface area contributed by atoms with Crippen molar-refractivity contribution in [1.82, 2.24) is 9.88 Å². The van der Waals surface area contributed by atoms with Crippen molar-refractivity contribution in [2.24, 2.45) is 0 Å². The average Bonchev–Trinajstić information content (AvgIpc) is 2.80. The summed E-state index contributed by atoms with van der Waals surface area (Å²) in [6.45, 7) is 1.22. The number of nitrogens with zero attached hydrogens (tertiary/aromatic N) is 2. The molecule has 0 atom stereocenters. The van der Waals surface area contributed by atoms with Gasteiger partial charge in [-0.25, -0.2) is 4.39 Å². The van der Waals surface area contributed by atoms with Crippen LogP contribution in [0.5, 0.6) is 0 Å². The molecule has 0 amide bonds. The number of aromatic nitrogens is 1. The standard InChI is InChI=1S/C14H14FN3/c1-17-8-12-4-5-18(9-12)10-13-6-11(7-16)2-3-14(13)15/h2-6,9,17H,8,10H2,1H3. The van der Waals surface area contributed by atoms with E-state index in [2.05, 4.69) is 5.32 Å². The Kier molecular flexibility index (Phi) is 3.75. The monoisotopic (exact) mass is 243 g/mol. The summed E-state index contributed by atoms with van der Waals surface area (Å²) in [5.74, 6) is -0.280. The van der Waals surface area contributed by atoms with E-state index in [0.29, 0.717) is 17.7 Å². The third-order valence-corrected chi connectivity index (χ3v) is 2.72. The van der Waals surface area contributed by atoms with Crippen LogP contribution >= 0.6 is 0 Å². The van der Waals surface area contributed by atoms with Gasteiger partial charge in [-0.3, -0.25) is 0 Å². The normalized spacial score (nSPS) is 10.3. The summed E-state index contributed by atoms with van der Waals surface area (Å²) in [6.07, 6.45) is 3.88. The van der Waals surface area contributed by atoms with Crippen LogP contribution in [0.3, 0.4) is 0 Å². The maximum absolute atomic E-state index is 13.6. The lowest BCUT2D eigenvalue weighted by Gasteiger charge is -2.05. The minimum absolute atomic E-state index is 0.280. The lowest BCUT2D eigenvalue weighted by atomic mass is 10.1. The smallest absolute Gasteiger partial charge is 0.128 e. The largest absolute Gasteiger partial charge is 0.349 e. The number of nitriles is 1. The maximum Gasteiger partial charge on any atom is 0.128 e. The third-order valence-electron chi connectivity index (χ3n) is 2.72. The zero-order chi connectivity index (χ0) is 13.0. The Morgan fingerprint density at radius 2 is 2.22 bits per heavy atom. The Balaban J connectivity index is 2.20. The van der Waals surface area contributed by atoms with E-state index in [-0.39, 0.29) is 5.82 Å². The van der Waals surface area contributed by atoms with Crippen molar-refractivity contribution in [3.8, 4) is 6.07 Å². The van der Waals surface area contributed by atoms with Crippen molar-refractivity contribution < 1.29 is 4.39 Å². The van der Waals surface area contributed by atoms with Crippen LogP contribution in [0.2, 0.25) is 0 Å². The molecule has 92 valence electrons. The van der Waals surface area contributed by atoms with Gasteiger partial charge in [0.2, 0.25) is 0 Å². The summed E-state index contributed by atoms with van der Waals surface area (Å²) in [5, 5.41) is 11.9. The van der Waals surface area contributed by atoms with E-state index in [1.807, 2.05) is 36.1 Å². The number of hydrogen-bond acceptors (Lipinski definition) is 2. The molecule has 2 rings (SSSR count). The maximum atomic E-state index is 13.6. The molecule has 1 aromatic carbocycles. The van der Waals surface area contributed by atoms with Crippen LogP contribution in [-0.2, 0) is 13.1 Å². The Bertz CT molecular complexity index is 581. The van der Waals surface area contributed by atoms with Crippen LogP contribution in [-0.4, -0.2) is 11.6 Å². The van der Waals surface area contributed by atoms with E-state index >= 15 is 0 Å². The Morgan fingerprint density at radius 1 is 1.39 bits per heavy atom. The van der Waals surface area contributed by atoms with E-state index in [9.17, 15) is 4.39 Å². The fourth-order valence-electron chi connectivity index (χ4n) is 1.86. The fourth-order valence-corrected chi connectivity index (χ4v) is 1.86. The summed E-state index contributed by atoms with van der Waals surface area (Å²) in [4.78, 5) is 0.